The summed E-state index contributed by atoms with van der Waals surface area (Å²) in [4.78, 5) is 28.5. The van der Waals surface area contributed by atoms with Gasteiger partial charge >= 0.3 is 5.97 Å². The first kappa shape index (κ1) is 12.4. The number of aryl methyl sites for hydroxylation is 1. The number of oxazole rings is 1. The van der Waals surface area contributed by atoms with Crippen LogP contribution < -0.4 is 4.90 Å². The highest BCUT2D eigenvalue weighted by molar-refractivity contribution is 6.01. The van der Waals surface area contributed by atoms with Gasteiger partial charge in [-0.25, -0.2) is 9.78 Å². The van der Waals surface area contributed by atoms with Gasteiger partial charge in [0.2, 0.25) is 11.7 Å². The van der Waals surface area contributed by atoms with Gasteiger partial charge in [0.15, 0.2) is 5.89 Å². The Hall–Kier alpha value is -2.63. The molecule has 2 heterocycles. The number of carboxylic acids is 1. The maximum absolute atomic E-state index is 11.7. The zero-order chi connectivity index (χ0) is 14.4. The van der Waals surface area contributed by atoms with Crippen molar-refractivity contribution in [3.63, 3.8) is 0 Å². The fourth-order valence-corrected chi connectivity index (χ4v) is 2.39. The third kappa shape index (κ3) is 1.77. The van der Waals surface area contributed by atoms with Crippen LogP contribution in [-0.2, 0) is 11.2 Å². The van der Waals surface area contributed by atoms with Crippen LogP contribution in [0.15, 0.2) is 22.6 Å². The molecule has 1 aromatic heterocycles. The molecule has 0 aliphatic carbocycles. The smallest absolute Gasteiger partial charge is 0.374 e. The van der Waals surface area contributed by atoms with Crippen LogP contribution in [0.5, 0.6) is 0 Å². The van der Waals surface area contributed by atoms with E-state index in [1.165, 1.54) is 0 Å². The first-order chi connectivity index (χ1) is 9.47. The predicted molar refractivity (Wildman–Crippen MR) is 70.7 cm³/mol. The Morgan fingerprint density at radius 1 is 1.45 bits per heavy atom. The minimum absolute atomic E-state index is 0.0203. The van der Waals surface area contributed by atoms with Gasteiger partial charge in [0.05, 0.1) is 6.42 Å². The summed E-state index contributed by atoms with van der Waals surface area (Å²) >= 11 is 0. The zero-order valence-electron chi connectivity index (χ0n) is 11.0. The van der Waals surface area contributed by atoms with Gasteiger partial charge in [-0.1, -0.05) is 6.07 Å². The molecular weight excluding hydrogens is 260 g/mol. The molecule has 0 bridgehead atoms. The maximum atomic E-state index is 11.7. The van der Waals surface area contributed by atoms with Gasteiger partial charge in [-0.3, -0.25) is 4.79 Å². The monoisotopic (exact) mass is 272 g/mol. The number of hydrogen-bond donors (Lipinski definition) is 1. The average molecular weight is 272 g/mol. The van der Waals surface area contributed by atoms with Crippen molar-refractivity contribution >= 4 is 17.6 Å². The molecule has 1 aromatic carbocycles. The molecule has 6 heteroatoms. The number of anilines is 1. The molecule has 1 N–H and O–H groups in total. The Bertz CT molecular complexity index is 733. The first-order valence-electron chi connectivity index (χ1n) is 6.08. The Labute approximate surface area is 114 Å². The largest absolute Gasteiger partial charge is 0.475 e. The van der Waals surface area contributed by atoms with Crippen molar-refractivity contribution < 1.29 is 19.1 Å². The van der Waals surface area contributed by atoms with Crippen LogP contribution in [0.2, 0.25) is 0 Å². The van der Waals surface area contributed by atoms with Gasteiger partial charge in [0.25, 0.3) is 0 Å². The van der Waals surface area contributed by atoms with E-state index < -0.39 is 5.97 Å². The summed E-state index contributed by atoms with van der Waals surface area (Å²) in [5.41, 5.74) is 2.64. The lowest BCUT2D eigenvalue weighted by Crippen LogP contribution is -2.20. The van der Waals surface area contributed by atoms with E-state index in [2.05, 4.69) is 4.98 Å². The lowest BCUT2D eigenvalue weighted by atomic mass is 10.0. The third-order valence-corrected chi connectivity index (χ3v) is 3.36. The molecule has 0 fully saturated rings. The van der Waals surface area contributed by atoms with Crippen LogP contribution in [0.3, 0.4) is 0 Å². The van der Waals surface area contributed by atoms with Gasteiger partial charge < -0.3 is 14.4 Å². The van der Waals surface area contributed by atoms with Crippen LogP contribution in [-0.4, -0.2) is 29.0 Å². The van der Waals surface area contributed by atoms with Gasteiger partial charge in [0.1, 0.15) is 5.69 Å². The Morgan fingerprint density at radius 2 is 2.20 bits per heavy atom. The Kier molecular flexibility index (Phi) is 2.60. The summed E-state index contributed by atoms with van der Waals surface area (Å²) in [7, 11) is 1.72. The second-order valence-electron chi connectivity index (χ2n) is 4.69. The molecule has 20 heavy (non-hydrogen) atoms. The van der Waals surface area contributed by atoms with Crippen LogP contribution >= 0.6 is 0 Å². The second kappa shape index (κ2) is 4.19. The van der Waals surface area contributed by atoms with E-state index in [1.54, 1.807) is 37.1 Å². The van der Waals surface area contributed by atoms with Crippen molar-refractivity contribution in [2.24, 2.45) is 0 Å². The predicted octanol–water partition coefficient (Wildman–Crippen LogP) is 1.87. The quantitative estimate of drug-likeness (QED) is 0.902. The zero-order valence-corrected chi connectivity index (χ0v) is 11.0. The normalized spacial score (nSPS) is 13.7. The molecule has 1 amide bonds. The van der Waals surface area contributed by atoms with Crippen molar-refractivity contribution in [2.45, 2.75) is 13.3 Å². The van der Waals surface area contributed by atoms with Crippen molar-refractivity contribution in [3.05, 3.63) is 35.4 Å². The number of carboxylic acid groups (broad SMARTS) is 1. The fraction of sp³-hybridized carbons (Fsp3) is 0.214. The SMILES string of the molecule is Cc1nc(-c2ccc3c(c2)CC(=O)N3C)c(C(=O)O)o1. The van der Waals surface area contributed by atoms with Crippen LogP contribution in [0.1, 0.15) is 22.0 Å². The van der Waals surface area contributed by atoms with Crippen LogP contribution in [0.25, 0.3) is 11.3 Å². The number of rotatable bonds is 2. The Balaban J connectivity index is 2.12. The number of aromatic nitrogens is 1. The van der Waals surface area contributed by atoms with Crippen LogP contribution in [0.4, 0.5) is 5.69 Å². The van der Waals surface area contributed by atoms with Gasteiger partial charge in [-0.15, -0.1) is 0 Å². The third-order valence-electron chi connectivity index (χ3n) is 3.36. The van der Waals surface area contributed by atoms with E-state index in [0.717, 1.165) is 11.3 Å². The highest BCUT2D eigenvalue weighted by atomic mass is 16.4. The maximum Gasteiger partial charge on any atom is 0.374 e. The molecule has 102 valence electrons. The number of carbonyl (C=O) groups excluding carboxylic acids is 1. The molecule has 1 aliphatic heterocycles. The van der Waals surface area contributed by atoms with Crippen molar-refractivity contribution in [2.75, 3.05) is 11.9 Å². The highest BCUT2D eigenvalue weighted by Gasteiger charge is 2.26. The van der Waals surface area contributed by atoms with E-state index in [1.807, 2.05) is 0 Å². The number of amides is 1. The highest BCUT2D eigenvalue weighted by Crippen LogP contribution is 2.33. The summed E-state index contributed by atoms with van der Waals surface area (Å²) in [6.45, 7) is 1.60. The summed E-state index contributed by atoms with van der Waals surface area (Å²) in [6.07, 6.45) is 0.318. The lowest BCUT2D eigenvalue weighted by Gasteiger charge is -2.10. The molecule has 0 spiro atoms. The number of fused-ring (bicyclic) bond motifs is 1. The van der Waals surface area contributed by atoms with E-state index in [-0.39, 0.29) is 11.7 Å². The standard InChI is InChI=1S/C14H12N2O4/c1-7-15-12(13(20-7)14(18)19)8-3-4-10-9(5-8)6-11(17)16(10)2/h3-5H,6H2,1-2H3,(H,18,19). The van der Waals surface area contributed by atoms with Gasteiger partial charge in [-0.05, 0) is 17.7 Å². The molecule has 1 aliphatic rings. The summed E-state index contributed by atoms with van der Waals surface area (Å²) in [6, 6.07) is 5.34. The van der Waals surface area contributed by atoms with E-state index in [0.29, 0.717) is 23.6 Å². The number of likely N-dealkylation sites (N-methyl/N-ethyl adjacent to an activating group) is 1. The molecule has 0 atom stereocenters. The summed E-state index contributed by atoms with van der Waals surface area (Å²) < 4.78 is 5.10. The number of hydrogen-bond acceptors (Lipinski definition) is 4. The summed E-state index contributed by atoms with van der Waals surface area (Å²) in [5, 5.41) is 9.12. The van der Waals surface area contributed by atoms with E-state index in [4.69, 9.17) is 9.52 Å². The minimum Gasteiger partial charge on any atom is -0.475 e. The molecule has 0 saturated heterocycles. The van der Waals surface area contributed by atoms with Crippen molar-refractivity contribution in [3.8, 4) is 11.3 Å². The second-order valence-corrected chi connectivity index (χ2v) is 4.69. The van der Waals surface area contributed by atoms with E-state index >= 15 is 0 Å². The number of aromatic carboxylic acids is 1. The molecule has 2 aromatic rings. The molecule has 3 rings (SSSR count). The average Bonchev–Trinajstić information content (AvgIpc) is 2.91. The molecule has 0 radical (unpaired) electrons. The van der Waals surface area contributed by atoms with Crippen LogP contribution in [0, 0.1) is 6.92 Å². The van der Waals surface area contributed by atoms with Gasteiger partial charge in [0, 0.05) is 25.2 Å². The lowest BCUT2D eigenvalue weighted by molar-refractivity contribution is -0.117. The minimum atomic E-state index is -1.16. The first-order valence-corrected chi connectivity index (χ1v) is 6.08. The number of benzene rings is 1. The van der Waals surface area contributed by atoms with Gasteiger partial charge in [-0.2, -0.15) is 0 Å². The fourth-order valence-electron chi connectivity index (χ4n) is 2.39. The topological polar surface area (TPSA) is 83.6 Å². The molecular formula is C14H12N2O4. The molecule has 0 unspecified atom stereocenters. The number of carbonyl (C=O) groups is 2. The number of nitrogens with zero attached hydrogens (tertiary/aromatic N) is 2. The van der Waals surface area contributed by atoms with E-state index in [9.17, 15) is 9.59 Å². The van der Waals surface area contributed by atoms with Crippen molar-refractivity contribution in [1.29, 1.82) is 0 Å². The van der Waals surface area contributed by atoms with Crippen molar-refractivity contribution in [1.82, 2.24) is 4.98 Å². The molecule has 6 nitrogen and oxygen atoms in total. The summed E-state index contributed by atoms with van der Waals surface area (Å²) in [5.74, 6) is -1.02. The Morgan fingerprint density at radius 3 is 2.90 bits per heavy atom. The molecule has 0 saturated carbocycles.